The number of carbonyl (C=O) groups excluding carboxylic acids is 2. The molecule has 1 spiro atoms. The molecule has 6 rings (SSSR count). The van der Waals surface area contributed by atoms with E-state index in [9.17, 15) is 23.2 Å². The van der Waals surface area contributed by atoms with Gasteiger partial charge in [-0.1, -0.05) is 36.4 Å². The topological polar surface area (TPSA) is 80.6 Å². The molecule has 1 saturated heterocycles. The molecule has 0 radical (unpaired) electrons. The van der Waals surface area contributed by atoms with Gasteiger partial charge < -0.3 is 19.5 Å². The van der Waals surface area contributed by atoms with Crippen LogP contribution < -0.4 is 15.5 Å². The number of benzene rings is 2. The summed E-state index contributed by atoms with van der Waals surface area (Å²) < 4.78 is 34.9. The van der Waals surface area contributed by atoms with Crippen LogP contribution in [0.5, 0.6) is 5.75 Å². The summed E-state index contributed by atoms with van der Waals surface area (Å²) >= 11 is 0. The number of ether oxygens (including phenoxy) is 1. The molecule has 190 valence electrons. The van der Waals surface area contributed by atoms with E-state index in [4.69, 9.17) is 4.74 Å². The molecule has 2 atom stereocenters. The van der Waals surface area contributed by atoms with Crippen molar-refractivity contribution in [1.82, 2.24) is 14.8 Å². The molecule has 2 amide bonds. The number of pyridine rings is 1. The maximum Gasteiger partial charge on any atom is 0.275 e. The molecule has 3 aromatic rings. The molecule has 2 fully saturated rings. The highest BCUT2D eigenvalue weighted by Gasteiger charge is 2.56. The summed E-state index contributed by atoms with van der Waals surface area (Å²) in [7, 11) is 0. The van der Waals surface area contributed by atoms with E-state index in [1.54, 1.807) is 4.57 Å². The molecule has 1 N–H and O–H groups in total. The monoisotopic (exact) mass is 505 g/mol. The summed E-state index contributed by atoms with van der Waals surface area (Å²) in [6.45, 7) is 0.955. The Bertz CT molecular complexity index is 1470. The van der Waals surface area contributed by atoms with Gasteiger partial charge in [0.15, 0.2) is 11.4 Å². The molecule has 3 aliphatic rings. The van der Waals surface area contributed by atoms with Crippen molar-refractivity contribution in [3.8, 4) is 5.75 Å². The molecule has 1 aromatic heterocycles. The number of piperidine rings is 1. The van der Waals surface area contributed by atoms with Crippen molar-refractivity contribution < 1.29 is 23.1 Å². The van der Waals surface area contributed by atoms with Crippen molar-refractivity contribution in [2.75, 3.05) is 6.54 Å². The maximum absolute atomic E-state index is 14.1. The summed E-state index contributed by atoms with van der Waals surface area (Å²) in [5, 5.41) is 2.55. The van der Waals surface area contributed by atoms with Crippen LogP contribution in [0.4, 0.5) is 8.78 Å². The average Bonchev–Trinajstić information content (AvgIpc) is 3.46. The average molecular weight is 506 g/mol. The van der Waals surface area contributed by atoms with Gasteiger partial charge in [-0.15, -0.1) is 0 Å². The predicted octanol–water partition coefficient (Wildman–Crippen LogP) is 3.64. The lowest BCUT2D eigenvalue weighted by molar-refractivity contribution is 0.0394. The van der Waals surface area contributed by atoms with E-state index < -0.39 is 23.0 Å². The minimum atomic E-state index is -0.795. The minimum absolute atomic E-state index is 0.0516. The van der Waals surface area contributed by atoms with E-state index in [2.05, 4.69) is 5.32 Å². The van der Waals surface area contributed by atoms with Crippen LogP contribution >= 0.6 is 0 Å². The van der Waals surface area contributed by atoms with Gasteiger partial charge in [0.25, 0.3) is 11.8 Å². The van der Waals surface area contributed by atoms with Crippen LogP contribution in [-0.4, -0.2) is 33.4 Å². The van der Waals surface area contributed by atoms with Crippen LogP contribution in [0.2, 0.25) is 0 Å². The lowest BCUT2D eigenvalue weighted by Crippen LogP contribution is -2.56. The number of hydrogen-bond acceptors (Lipinski definition) is 4. The third kappa shape index (κ3) is 3.98. The first-order valence-corrected chi connectivity index (χ1v) is 12.3. The summed E-state index contributed by atoms with van der Waals surface area (Å²) in [6, 6.07) is 12.3. The molecular formula is C28H25F2N3O4. The number of fused-ring (bicyclic) bond motifs is 2. The van der Waals surface area contributed by atoms with Gasteiger partial charge in [-0.2, -0.15) is 0 Å². The molecule has 3 heterocycles. The molecule has 2 bridgehead atoms. The van der Waals surface area contributed by atoms with Crippen molar-refractivity contribution >= 4 is 11.8 Å². The third-order valence-electron chi connectivity index (χ3n) is 7.78. The smallest absolute Gasteiger partial charge is 0.275 e. The van der Waals surface area contributed by atoms with Crippen LogP contribution in [0.1, 0.15) is 51.2 Å². The van der Waals surface area contributed by atoms with Crippen molar-refractivity contribution in [2.45, 2.75) is 44.5 Å². The Hall–Kier alpha value is -4.01. The Morgan fingerprint density at radius 2 is 1.95 bits per heavy atom. The molecule has 1 saturated carbocycles. The highest BCUT2D eigenvalue weighted by atomic mass is 19.1. The number of amides is 2. The first-order valence-electron chi connectivity index (χ1n) is 12.3. The molecule has 2 aromatic carbocycles. The molecule has 2 aliphatic heterocycles. The number of aromatic nitrogens is 1. The Morgan fingerprint density at radius 1 is 1.14 bits per heavy atom. The summed E-state index contributed by atoms with van der Waals surface area (Å²) in [6.07, 6.45) is 4.24. The predicted molar refractivity (Wildman–Crippen MR) is 130 cm³/mol. The first kappa shape index (κ1) is 23.4. The molecule has 9 heteroatoms. The van der Waals surface area contributed by atoms with E-state index in [1.807, 2.05) is 35.2 Å². The van der Waals surface area contributed by atoms with Gasteiger partial charge in [0, 0.05) is 37.5 Å². The highest BCUT2D eigenvalue weighted by Crippen LogP contribution is 2.50. The van der Waals surface area contributed by atoms with Crippen LogP contribution in [0.15, 0.2) is 59.5 Å². The van der Waals surface area contributed by atoms with Crippen LogP contribution in [0.25, 0.3) is 0 Å². The zero-order valence-electron chi connectivity index (χ0n) is 20.0. The second-order valence-electron chi connectivity index (χ2n) is 10.1. The lowest BCUT2D eigenvalue weighted by atomic mass is 9.93. The summed E-state index contributed by atoms with van der Waals surface area (Å²) in [5.74, 6) is -2.22. The van der Waals surface area contributed by atoms with Gasteiger partial charge >= 0.3 is 0 Å². The molecule has 37 heavy (non-hydrogen) atoms. The largest absolute Gasteiger partial charge is 0.483 e. The van der Waals surface area contributed by atoms with Gasteiger partial charge in [-0.3, -0.25) is 14.4 Å². The number of rotatable bonds is 6. The standard InChI is InChI=1S/C28H25F2N3O4/c29-20-7-6-19(22(30)10-20)12-31-26(35)21-14-32-16-28-9-8-18(11-28)13-33(28)27(36)23(32)25(24(21)34)37-15-17-4-2-1-3-5-17/h1-7,10,14,18H,8-9,11-13,15-16H2,(H,31,35)/t18-,28+/m1/s1. The van der Waals surface area contributed by atoms with E-state index in [-0.39, 0.29) is 47.2 Å². The van der Waals surface area contributed by atoms with E-state index in [1.165, 1.54) is 12.3 Å². The van der Waals surface area contributed by atoms with Gasteiger partial charge in [0.2, 0.25) is 5.43 Å². The summed E-state index contributed by atoms with van der Waals surface area (Å²) in [5.41, 5.74) is -0.165. The Morgan fingerprint density at radius 3 is 2.70 bits per heavy atom. The zero-order chi connectivity index (χ0) is 25.7. The van der Waals surface area contributed by atoms with Gasteiger partial charge in [-0.25, -0.2) is 8.78 Å². The first-order chi connectivity index (χ1) is 17.8. The van der Waals surface area contributed by atoms with Crippen LogP contribution in [0.3, 0.4) is 0 Å². The van der Waals surface area contributed by atoms with Crippen molar-refractivity contribution in [2.24, 2.45) is 5.92 Å². The molecular weight excluding hydrogens is 480 g/mol. The molecule has 1 aliphatic carbocycles. The lowest BCUT2D eigenvalue weighted by Gasteiger charge is -2.44. The summed E-state index contributed by atoms with van der Waals surface area (Å²) in [4.78, 5) is 42.2. The quantitative estimate of drug-likeness (QED) is 0.555. The number of nitrogens with zero attached hydrogens (tertiary/aromatic N) is 2. The number of hydrogen-bond donors (Lipinski definition) is 1. The Kier molecular flexibility index (Phi) is 5.58. The second kappa shape index (κ2) is 8.83. The SMILES string of the molecule is O=C(NCc1ccc(F)cc1F)c1cn2c(c(OCc3ccccc3)c1=O)C(=O)N1C[C@@H]3CC[C@]1(C3)C2. The molecule has 0 unspecified atom stereocenters. The fourth-order valence-electron chi connectivity index (χ4n) is 5.98. The van der Waals surface area contributed by atoms with Crippen molar-refractivity contribution in [3.05, 3.63) is 99.0 Å². The Labute approximate surface area is 211 Å². The fraction of sp³-hybridized carbons (Fsp3) is 0.321. The van der Waals surface area contributed by atoms with E-state index in [0.717, 1.165) is 37.0 Å². The molecule has 7 nitrogen and oxygen atoms in total. The third-order valence-corrected chi connectivity index (χ3v) is 7.78. The number of carbonyl (C=O) groups is 2. The van der Waals surface area contributed by atoms with E-state index >= 15 is 0 Å². The van der Waals surface area contributed by atoms with Crippen LogP contribution in [0, 0.1) is 17.6 Å². The van der Waals surface area contributed by atoms with Crippen molar-refractivity contribution in [3.63, 3.8) is 0 Å². The number of nitrogens with one attached hydrogen (secondary N) is 1. The zero-order valence-corrected chi connectivity index (χ0v) is 20.0. The van der Waals surface area contributed by atoms with Gasteiger partial charge in [0.05, 0.1) is 5.54 Å². The van der Waals surface area contributed by atoms with Gasteiger partial charge in [0.1, 0.15) is 23.8 Å². The van der Waals surface area contributed by atoms with Crippen molar-refractivity contribution in [1.29, 1.82) is 0 Å². The maximum atomic E-state index is 14.1. The number of halogens is 2. The highest BCUT2D eigenvalue weighted by molar-refractivity contribution is 5.99. The van der Waals surface area contributed by atoms with Gasteiger partial charge in [-0.05, 0) is 36.8 Å². The van der Waals surface area contributed by atoms with Crippen LogP contribution in [-0.2, 0) is 19.7 Å². The fourth-order valence-corrected chi connectivity index (χ4v) is 5.98. The van der Waals surface area contributed by atoms with E-state index in [0.29, 0.717) is 19.0 Å². The normalized spacial score (nSPS) is 21.5. The Balaban J connectivity index is 1.36. The second-order valence-corrected chi connectivity index (χ2v) is 10.1. The minimum Gasteiger partial charge on any atom is -0.483 e.